The van der Waals surface area contributed by atoms with Gasteiger partial charge in [-0.05, 0) is 30.2 Å². The highest BCUT2D eigenvalue weighted by molar-refractivity contribution is 5.59. The average Bonchev–Trinajstić information content (AvgIpc) is 2.08. The van der Waals surface area contributed by atoms with Gasteiger partial charge >= 0.3 is 0 Å². The molecule has 0 amide bonds. The molecule has 0 aromatic heterocycles. The monoisotopic (exact) mass is 175 g/mol. The van der Waals surface area contributed by atoms with Crippen LogP contribution in [0.2, 0.25) is 0 Å². The van der Waals surface area contributed by atoms with Crippen LogP contribution in [0.1, 0.15) is 30.9 Å². The molecular weight excluding hydrogens is 158 g/mol. The molecule has 0 saturated heterocycles. The lowest BCUT2D eigenvalue weighted by Crippen LogP contribution is -1.98. The van der Waals surface area contributed by atoms with Crippen molar-refractivity contribution in [2.45, 2.75) is 26.7 Å². The van der Waals surface area contributed by atoms with Gasteiger partial charge in [0, 0.05) is 5.69 Å². The van der Waals surface area contributed by atoms with Crippen LogP contribution in [0, 0.1) is 6.92 Å². The molecule has 0 aliphatic rings. The largest absolute Gasteiger partial charge is 0.362 e. The zero-order valence-corrected chi connectivity index (χ0v) is 8.59. The van der Waals surface area contributed by atoms with Gasteiger partial charge in [-0.3, -0.25) is 0 Å². The maximum atomic E-state index is 3.69. The molecule has 0 fully saturated rings. The van der Waals surface area contributed by atoms with E-state index < -0.39 is 0 Å². The summed E-state index contributed by atoms with van der Waals surface area (Å²) >= 11 is 0. The van der Waals surface area contributed by atoms with E-state index in [9.17, 15) is 0 Å². The van der Waals surface area contributed by atoms with Gasteiger partial charge in [-0.1, -0.05) is 38.6 Å². The van der Waals surface area contributed by atoms with Crippen LogP contribution in [0.3, 0.4) is 0 Å². The summed E-state index contributed by atoms with van der Waals surface area (Å²) in [5.74, 6) is 0.544. The lowest BCUT2D eigenvalue weighted by Gasteiger charge is -2.14. The minimum absolute atomic E-state index is 0.544. The molecule has 13 heavy (non-hydrogen) atoms. The van der Waals surface area contributed by atoms with Crippen molar-refractivity contribution in [3.05, 3.63) is 42.1 Å². The number of rotatable bonds is 3. The highest BCUT2D eigenvalue weighted by atomic mass is 14.8. The molecular formula is C12H17N. The van der Waals surface area contributed by atoms with Crippen molar-refractivity contribution in [1.82, 2.24) is 0 Å². The van der Waals surface area contributed by atoms with E-state index in [4.69, 9.17) is 0 Å². The van der Waals surface area contributed by atoms with Gasteiger partial charge in [-0.15, -0.1) is 0 Å². The van der Waals surface area contributed by atoms with Crippen LogP contribution in [0.5, 0.6) is 0 Å². The Hall–Kier alpha value is -1.24. The van der Waals surface area contributed by atoms with Crippen molar-refractivity contribution in [1.29, 1.82) is 0 Å². The zero-order valence-electron chi connectivity index (χ0n) is 8.59. The Morgan fingerprint density at radius 3 is 2.62 bits per heavy atom. The van der Waals surface area contributed by atoms with Gasteiger partial charge in [0.25, 0.3) is 0 Å². The highest BCUT2D eigenvalue weighted by Crippen LogP contribution is 2.27. The molecule has 1 nitrogen and oxygen atoms in total. The van der Waals surface area contributed by atoms with E-state index in [0.29, 0.717) is 5.92 Å². The van der Waals surface area contributed by atoms with E-state index in [0.717, 1.165) is 0 Å². The third kappa shape index (κ3) is 2.11. The molecule has 1 heteroatoms. The second-order valence-corrected chi connectivity index (χ2v) is 3.54. The third-order valence-electron chi connectivity index (χ3n) is 2.17. The fourth-order valence-corrected chi connectivity index (χ4v) is 1.47. The number of hydrogen-bond donors (Lipinski definition) is 1. The number of benzene rings is 1. The summed E-state index contributed by atoms with van der Waals surface area (Å²) in [6.07, 6.45) is 1.73. The maximum Gasteiger partial charge on any atom is 0.0444 e. The molecule has 1 aromatic carbocycles. The number of nitrogens with one attached hydrogen (secondary N) is 1. The van der Waals surface area contributed by atoms with Crippen LogP contribution in [0.15, 0.2) is 31.0 Å². The molecule has 0 aliphatic carbocycles. The first kappa shape index (κ1) is 9.85. The minimum Gasteiger partial charge on any atom is -0.362 e. The Labute approximate surface area is 80.5 Å². The molecule has 1 N–H and O–H groups in total. The van der Waals surface area contributed by atoms with Crippen molar-refractivity contribution in [3.63, 3.8) is 0 Å². The number of hydrogen-bond acceptors (Lipinski definition) is 1. The number of anilines is 1. The first-order valence-electron chi connectivity index (χ1n) is 4.63. The van der Waals surface area contributed by atoms with Crippen molar-refractivity contribution in [3.8, 4) is 0 Å². The molecule has 0 spiro atoms. The van der Waals surface area contributed by atoms with E-state index in [1.54, 1.807) is 6.20 Å². The summed E-state index contributed by atoms with van der Waals surface area (Å²) in [6, 6.07) is 6.36. The summed E-state index contributed by atoms with van der Waals surface area (Å²) in [5.41, 5.74) is 3.82. The van der Waals surface area contributed by atoms with Crippen LogP contribution >= 0.6 is 0 Å². The fraction of sp³-hybridized carbons (Fsp3) is 0.333. The maximum absolute atomic E-state index is 3.69. The molecule has 0 heterocycles. The molecule has 0 radical (unpaired) electrons. The van der Waals surface area contributed by atoms with Crippen molar-refractivity contribution in [2.75, 3.05) is 5.32 Å². The SMILES string of the molecule is C=CNc1c(C)cccc1C(C)C. The molecule has 0 atom stereocenters. The molecule has 0 saturated carbocycles. The molecule has 1 rings (SSSR count). The first-order chi connectivity index (χ1) is 6.16. The van der Waals surface area contributed by atoms with Crippen LogP contribution in [-0.2, 0) is 0 Å². The van der Waals surface area contributed by atoms with E-state index in [-0.39, 0.29) is 0 Å². The van der Waals surface area contributed by atoms with E-state index in [1.165, 1.54) is 16.8 Å². The Kier molecular flexibility index (Phi) is 3.13. The van der Waals surface area contributed by atoms with Crippen molar-refractivity contribution < 1.29 is 0 Å². The lowest BCUT2D eigenvalue weighted by atomic mass is 9.98. The zero-order chi connectivity index (χ0) is 9.84. The smallest absolute Gasteiger partial charge is 0.0444 e. The van der Waals surface area contributed by atoms with Crippen LogP contribution < -0.4 is 5.32 Å². The van der Waals surface area contributed by atoms with Crippen LogP contribution in [-0.4, -0.2) is 0 Å². The van der Waals surface area contributed by atoms with Gasteiger partial charge in [0.2, 0.25) is 0 Å². The standard InChI is InChI=1S/C12H17N/c1-5-13-12-10(4)7-6-8-11(12)9(2)3/h5-9,13H,1H2,2-4H3. The second kappa shape index (κ2) is 4.13. The minimum atomic E-state index is 0.544. The Morgan fingerprint density at radius 1 is 1.38 bits per heavy atom. The Balaban J connectivity index is 3.16. The van der Waals surface area contributed by atoms with Gasteiger partial charge in [0.05, 0.1) is 0 Å². The normalized spacial score (nSPS) is 10.2. The molecule has 0 unspecified atom stereocenters. The first-order valence-corrected chi connectivity index (χ1v) is 4.63. The summed E-state index contributed by atoms with van der Waals surface area (Å²) in [4.78, 5) is 0. The third-order valence-corrected chi connectivity index (χ3v) is 2.17. The van der Waals surface area contributed by atoms with E-state index >= 15 is 0 Å². The predicted octanol–water partition coefficient (Wildman–Crippen LogP) is 3.67. The number of para-hydroxylation sites is 1. The topological polar surface area (TPSA) is 12.0 Å². The van der Waals surface area contributed by atoms with Crippen molar-refractivity contribution >= 4 is 5.69 Å². The molecule has 0 bridgehead atoms. The highest BCUT2D eigenvalue weighted by Gasteiger charge is 2.06. The Morgan fingerprint density at radius 2 is 2.08 bits per heavy atom. The molecule has 1 aromatic rings. The molecule has 0 aliphatic heterocycles. The second-order valence-electron chi connectivity index (χ2n) is 3.54. The predicted molar refractivity (Wildman–Crippen MR) is 59.1 cm³/mol. The van der Waals surface area contributed by atoms with Gasteiger partial charge < -0.3 is 5.32 Å². The molecule has 70 valence electrons. The lowest BCUT2D eigenvalue weighted by molar-refractivity contribution is 0.867. The summed E-state index contributed by atoms with van der Waals surface area (Å²) in [7, 11) is 0. The van der Waals surface area contributed by atoms with Crippen molar-refractivity contribution in [2.24, 2.45) is 0 Å². The summed E-state index contributed by atoms with van der Waals surface area (Å²) < 4.78 is 0. The quantitative estimate of drug-likeness (QED) is 0.739. The van der Waals surface area contributed by atoms with E-state index in [1.807, 2.05) is 0 Å². The van der Waals surface area contributed by atoms with Crippen LogP contribution in [0.25, 0.3) is 0 Å². The number of aryl methyl sites for hydroxylation is 1. The summed E-state index contributed by atoms with van der Waals surface area (Å²) in [6.45, 7) is 10.2. The van der Waals surface area contributed by atoms with Gasteiger partial charge in [0.15, 0.2) is 0 Å². The Bertz CT molecular complexity index is 300. The van der Waals surface area contributed by atoms with Gasteiger partial charge in [-0.2, -0.15) is 0 Å². The van der Waals surface area contributed by atoms with Gasteiger partial charge in [-0.25, -0.2) is 0 Å². The van der Waals surface area contributed by atoms with Gasteiger partial charge in [0.1, 0.15) is 0 Å². The summed E-state index contributed by atoms with van der Waals surface area (Å²) in [5, 5.41) is 3.19. The van der Waals surface area contributed by atoms with E-state index in [2.05, 4.69) is 50.9 Å². The average molecular weight is 175 g/mol. The fourth-order valence-electron chi connectivity index (χ4n) is 1.47. The van der Waals surface area contributed by atoms with Crippen LogP contribution in [0.4, 0.5) is 5.69 Å².